The average Bonchev–Trinajstić information content (AvgIpc) is 2.91. The largest absolute Gasteiger partial charge is 0.308 e. The van der Waals surface area contributed by atoms with E-state index in [0.29, 0.717) is 21.8 Å². The number of aromatic nitrogens is 3. The summed E-state index contributed by atoms with van der Waals surface area (Å²) in [5, 5.41) is 6.00. The van der Waals surface area contributed by atoms with Gasteiger partial charge in [0, 0.05) is 18.1 Å². The molecule has 0 saturated carbocycles. The fourth-order valence-electron chi connectivity index (χ4n) is 3.01. The Morgan fingerprint density at radius 3 is 2.83 bits per heavy atom. The highest BCUT2D eigenvalue weighted by Crippen LogP contribution is 2.40. The predicted molar refractivity (Wildman–Crippen MR) is 90.0 cm³/mol. The van der Waals surface area contributed by atoms with Crippen LogP contribution < -0.4 is 0 Å². The third-order valence-electron chi connectivity index (χ3n) is 4.13. The molecule has 4 rings (SSSR count). The first-order chi connectivity index (χ1) is 11.1. The maximum absolute atomic E-state index is 12.8. The number of likely N-dealkylation sites (N-methyl/N-ethyl adjacent to an activating group) is 1. The molecule has 0 aliphatic heterocycles. The Balaban J connectivity index is 2.03. The molecule has 1 aromatic carbocycles. The van der Waals surface area contributed by atoms with Gasteiger partial charge in [-0.15, -0.1) is 0 Å². The predicted octanol–water partition coefficient (Wildman–Crippen LogP) is 2.86. The van der Waals surface area contributed by atoms with E-state index in [2.05, 4.69) is 9.88 Å². The van der Waals surface area contributed by atoms with Gasteiger partial charge in [-0.2, -0.15) is 5.10 Å². The van der Waals surface area contributed by atoms with Crippen LogP contribution in [0, 0.1) is 0 Å². The molecule has 0 radical (unpaired) electrons. The molecule has 2 heterocycles. The molecule has 6 heteroatoms. The lowest BCUT2D eigenvalue weighted by molar-refractivity contribution is 0.104. The average molecular weight is 327 g/mol. The minimum absolute atomic E-state index is 0.0802. The van der Waals surface area contributed by atoms with Crippen molar-refractivity contribution in [3.63, 3.8) is 0 Å². The summed E-state index contributed by atoms with van der Waals surface area (Å²) in [5.41, 5.74) is 3.40. The van der Waals surface area contributed by atoms with Gasteiger partial charge in [0.05, 0.1) is 28.2 Å². The summed E-state index contributed by atoms with van der Waals surface area (Å²) in [6, 6.07) is 7.24. The molecular formula is C17H15ClN4O. The van der Waals surface area contributed by atoms with Crippen molar-refractivity contribution in [2.75, 3.05) is 20.6 Å². The van der Waals surface area contributed by atoms with Crippen LogP contribution in [0.25, 0.3) is 22.3 Å². The normalized spacial score (nSPS) is 13.0. The van der Waals surface area contributed by atoms with Crippen LogP contribution in [0.2, 0.25) is 5.02 Å². The lowest BCUT2D eigenvalue weighted by Gasteiger charge is -2.14. The number of rotatable bonds is 3. The topological polar surface area (TPSA) is 51.0 Å². The Hall–Kier alpha value is -2.24. The highest BCUT2D eigenvalue weighted by molar-refractivity contribution is 6.39. The highest BCUT2D eigenvalue weighted by Gasteiger charge is 2.31. The number of hydrogen-bond donors (Lipinski definition) is 0. The van der Waals surface area contributed by atoms with Crippen LogP contribution in [0.4, 0.5) is 0 Å². The lowest BCUT2D eigenvalue weighted by Crippen LogP contribution is -2.18. The van der Waals surface area contributed by atoms with Gasteiger partial charge in [0.1, 0.15) is 11.4 Å². The van der Waals surface area contributed by atoms with Crippen LogP contribution in [0.5, 0.6) is 0 Å². The first-order valence-electron chi connectivity index (χ1n) is 7.42. The van der Waals surface area contributed by atoms with Gasteiger partial charge in [0.2, 0.25) is 0 Å². The standard InChI is InChI=1S/C17H15ClN4O/c1-21(2)8-9-22-12-6-5-11(18)13-14(12)16(20-22)15-10(17(13)23)4-3-7-19-15/h3-7H,8-9H2,1-2H3. The Kier molecular flexibility index (Phi) is 3.21. The van der Waals surface area contributed by atoms with Crippen LogP contribution in [0.1, 0.15) is 15.9 Å². The van der Waals surface area contributed by atoms with Gasteiger partial charge in [-0.3, -0.25) is 14.5 Å². The first kappa shape index (κ1) is 14.4. The maximum atomic E-state index is 12.8. The van der Waals surface area contributed by atoms with Crippen LogP contribution in [0.15, 0.2) is 30.5 Å². The lowest BCUT2D eigenvalue weighted by atomic mass is 9.90. The molecule has 2 aromatic heterocycles. The number of hydrogen-bond acceptors (Lipinski definition) is 4. The van der Waals surface area contributed by atoms with Gasteiger partial charge in [-0.05, 0) is 38.4 Å². The Bertz CT molecular complexity index is 945. The number of benzene rings is 1. The van der Waals surface area contributed by atoms with Gasteiger partial charge in [0.15, 0.2) is 5.78 Å². The Labute approximate surface area is 138 Å². The summed E-state index contributed by atoms with van der Waals surface area (Å²) in [5.74, 6) is -0.0802. The number of fused-ring (bicyclic) bond motifs is 2. The van der Waals surface area contributed by atoms with Crippen molar-refractivity contribution in [2.45, 2.75) is 6.54 Å². The van der Waals surface area contributed by atoms with E-state index in [9.17, 15) is 4.79 Å². The van der Waals surface area contributed by atoms with Gasteiger partial charge in [-0.1, -0.05) is 11.6 Å². The zero-order valence-electron chi connectivity index (χ0n) is 12.9. The van der Waals surface area contributed by atoms with E-state index >= 15 is 0 Å². The molecule has 116 valence electrons. The van der Waals surface area contributed by atoms with E-state index in [0.717, 1.165) is 29.7 Å². The smallest absolute Gasteiger partial charge is 0.197 e. The van der Waals surface area contributed by atoms with Crippen molar-refractivity contribution in [3.05, 3.63) is 46.6 Å². The monoisotopic (exact) mass is 326 g/mol. The van der Waals surface area contributed by atoms with Crippen molar-refractivity contribution in [1.82, 2.24) is 19.7 Å². The molecule has 0 fully saturated rings. The molecule has 0 unspecified atom stereocenters. The molecule has 23 heavy (non-hydrogen) atoms. The van der Waals surface area contributed by atoms with E-state index in [1.165, 1.54) is 0 Å². The fraction of sp³-hybridized carbons (Fsp3) is 0.235. The highest BCUT2D eigenvalue weighted by atomic mass is 35.5. The van der Waals surface area contributed by atoms with Crippen LogP contribution in [-0.4, -0.2) is 46.1 Å². The third-order valence-corrected chi connectivity index (χ3v) is 4.45. The van der Waals surface area contributed by atoms with Gasteiger partial charge in [-0.25, -0.2) is 0 Å². The Morgan fingerprint density at radius 2 is 2.04 bits per heavy atom. The van der Waals surface area contributed by atoms with Gasteiger partial charge in [0.25, 0.3) is 0 Å². The SMILES string of the molecule is CN(C)CCn1nc2c3c(c(Cl)ccc31)C(=O)c1cccnc1-2. The quantitative estimate of drug-likeness (QED) is 0.581. The molecule has 0 N–H and O–H groups in total. The fourth-order valence-corrected chi connectivity index (χ4v) is 3.25. The second-order valence-corrected chi connectivity index (χ2v) is 6.33. The molecule has 1 aliphatic rings. The van der Waals surface area contributed by atoms with Crippen molar-refractivity contribution in [3.8, 4) is 11.4 Å². The van der Waals surface area contributed by atoms with Crippen LogP contribution in [-0.2, 0) is 6.54 Å². The summed E-state index contributed by atoms with van der Waals surface area (Å²) in [4.78, 5) is 19.3. The summed E-state index contributed by atoms with van der Waals surface area (Å²) >= 11 is 6.32. The van der Waals surface area contributed by atoms with Crippen LogP contribution >= 0.6 is 11.6 Å². The molecule has 0 bridgehead atoms. The van der Waals surface area contributed by atoms with Crippen molar-refractivity contribution in [2.24, 2.45) is 0 Å². The molecular weight excluding hydrogens is 312 g/mol. The van der Waals surface area contributed by atoms with E-state index in [1.54, 1.807) is 24.4 Å². The molecule has 0 amide bonds. The number of carbonyl (C=O) groups is 1. The molecule has 0 spiro atoms. The van der Waals surface area contributed by atoms with E-state index in [-0.39, 0.29) is 5.78 Å². The summed E-state index contributed by atoms with van der Waals surface area (Å²) < 4.78 is 1.93. The summed E-state index contributed by atoms with van der Waals surface area (Å²) in [6.07, 6.45) is 1.69. The zero-order chi connectivity index (χ0) is 16.1. The van der Waals surface area contributed by atoms with Crippen molar-refractivity contribution in [1.29, 1.82) is 0 Å². The first-order valence-corrected chi connectivity index (χ1v) is 7.79. The maximum Gasteiger partial charge on any atom is 0.197 e. The van der Waals surface area contributed by atoms with Gasteiger partial charge >= 0.3 is 0 Å². The van der Waals surface area contributed by atoms with Crippen molar-refractivity contribution >= 4 is 28.3 Å². The number of ketones is 1. The number of carbonyl (C=O) groups excluding carboxylic acids is 1. The van der Waals surface area contributed by atoms with E-state index < -0.39 is 0 Å². The van der Waals surface area contributed by atoms with E-state index in [4.69, 9.17) is 16.7 Å². The van der Waals surface area contributed by atoms with Crippen LogP contribution in [0.3, 0.4) is 0 Å². The molecule has 1 aliphatic carbocycles. The minimum atomic E-state index is -0.0802. The number of halogens is 1. The second-order valence-electron chi connectivity index (χ2n) is 5.92. The Morgan fingerprint density at radius 1 is 1.22 bits per heavy atom. The van der Waals surface area contributed by atoms with E-state index in [1.807, 2.05) is 24.8 Å². The number of pyridine rings is 1. The van der Waals surface area contributed by atoms with Crippen molar-refractivity contribution < 1.29 is 4.79 Å². The zero-order valence-corrected chi connectivity index (χ0v) is 13.6. The molecule has 5 nitrogen and oxygen atoms in total. The third kappa shape index (κ3) is 2.08. The molecule has 0 atom stereocenters. The molecule has 3 aromatic rings. The minimum Gasteiger partial charge on any atom is -0.308 e. The number of nitrogens with zero attached hydrogens (tertiary/aromatic N) is 4. The molecule has 0 saturated heterocycles. The van der Waals surface area contributed by atoms with Gasteiger partial charge < -0.3 is 4.90 Å². The second kappa shape index (κ2) is 5.15. The summed E-state index contributed by atoms with van der Waals surface area (Å²) in [6.45, 7) is 1.60. The summed E-state index contributed by atoms with van der Waals surface area (Å²) in [7, 11) is 4.04.